The predicted octanol–water partition coefficient (Wildman–Crippen LogP) is -2.98. The zero-order valence-electron chi connectivity index (χ0n) is 18.7. The van der Waals surface area contributed by atoms with E-state index >= 15 is 0 Å². The summed E-state index contributed by atoms with van der Waals surface area (Å²) < 4.78 is 0. The minimum atomic E-state index is -1.62. The number of aliphatic carboxylic acids is 2. The third kappa shape index (κ3) is 10.7. The van der Waals surface area contributed by atoms with Crippen molar-refractivity contribution in [2.45, 2.75) is 76.7 Å². The average molecular weight is 475 g/mol. The molecule has 0 heterocycles. The van der Waals surface area contributed by atoms with Crippen LogP contribution in [-0.2, 0) is 28.8 Å². The molecule has 0 bridgehead atoms. The normalized spacial score (nSPS) is 16.3. The Morgan fingerprint density at radius 2 is 1.42 bits per heavy atom. The molecule has 0 aliphatic carbocycles. The SMILES string of the molecule is CCC(C)C(NC(=O)C(CC(=O)O)NC(=O)C(N)C(C)O)C(=O)NC(CCC(N)=O)C(=O)O. The van der Waals surface area contributed by atoms with Crippen LogP contribution in [0.4, 0.5) is 0 Å². The van der Waals surface area contributed by atoms with Gasteiger partial charge < -0.3 is 42.7 Å². The second-order valence-electron chi connectivity index (χ2n) is 7.70. The van der Waals surface area contributed by atoms with Gasteiger partial charge >= 0.3 is 11.9 Å². The topological polar surface area (TPSA) is 251 Å². The van der Waals surface area contributed by atoms with E-state index in [4.69, 9.17) is 16.6 Å². The van der Waals surface area contributed by atoms with Gasteiger partial charge in [-0.25, -0.2) is 4.79 Å². The number of carbonyl (C=O) groups is 6. The molecule has 0 fully saturated rings. The lowest BCUT2D eigenvalue weighted by Crippen LogP contribution is -2.59. The van der Waals surface area contributed by atoms with Crippen LogP contribution in [0.5, 0.6) is 0 Å². The Kier molecular flexibility index (Phi) is 12.6. The Morgan fingerprint density at radius 1 is 0.879 bits per heavy atom. The molecular formula is C19H33N5O9. The maximum Gasteiger partial charge on any atom is 0.326 e. The number of carboxylic acids is 2. The largest absolute Gasteiger partial charge is 0.481 e. The standard InChI is InChI=1S/C19H33N5O9/c1-4-8(2)15(18(31)22-10(19(32)33)5-6-12(20)26)24-16(29)11(7-13(27)28)23-17(30)14(21)9(3)25/h8-11,14-15,25H,4-7,21H2,1-3H3,(H2,20,26)(H,22,31)(H,23,30)(H,24,29)(H,27,28)(H,32,33). The first-order chi connectivity index (χ1) is 15.2. The van der Waals surface area contributed by atoms with Crippen molar-refractivity contribution in [3.63, 3.8) is 0 Å². The molecule has 10 N–H and O–H groups in total. The Labute approximate surface area is 190 Å². The number of nitrogens with two attached hydrogens (primary N) is 2. The molecule has 4 amide bonds. The lowest BCUT2D eigenvalue weighted by molar-refractivity contribution is -0.144. The van der Waals surface area contributed by atoms with E-state index in [0.717, 1.165) is 0 Å². The van der Waals surface area contributed by atoms with E-state index in [1.807, 2.05) is 0 Å². The van der Waals surface area contributed by atoms with Crippen LogP contribution in [0.1, 0.15) is 46.5 Å². The van der Waals surface area contributed by atoms with Gasteiger partial charge in [-0.05, 0) is 19.3 Å². The number of hydrogen-bond acceptors (Lipinski definition) is 8. The van der Waals surface area contributed by atoms with Crippen LogP contribution in [0.3, 0.4) is 0 Å². The number of amides is 4. The van der Waals surface area contributed by atoms with Crippen molar-refractivity contribution in [1.29, 1.82) is 0 Å². The van der Waals surface area contributed by atoms with Crippen LogP contribution in [0.2, 0.25) is 0 Å². The lowest BCUT2D eigenvalue weighted by Gasteiger charge is -2.28. The summed E-state index contributed by atoms with van der Waals surface area (Å²) in [6, 6.07) is -5.78. The highest BCUT2D eigenvalue weighted by Gasteiger charge is 2.34. The quantitative estimate of drug-likeness (QED) is 0.119. The molecule has 14 nitrogen and oxygen atoms in total. The van der Waals surface area contributed by atoms with E-state index in [1.165, 1.54) is 6.92 Å². The van der Waals surface area contributed by atoms with Crippen molar-refractivity contribution in [2.24, 2.45) is 17.4 Å². The molecule has 0 saturated carbocycles. The Bertz CT molecular complexity index is 743. The van der Waals surface area contributed by atoms with Crippen molar-refractivity contribution in [3.05, 3.63) is 0 Å². The van der Waals surface area contributed by atoms with Crippen LogP contribution >= 0.6 is 0 Å². The highest BCUT2D eigenvalue weighted by Crippen LogP contribution is 2.10. The zero-order chi connectivity index (χ0) is 25.9. The molecule has 33 heavy (non-hydrogen) atoms. The van der Waals surface area contributed by atoms with Crippen molar-refractivity contribution >= 4 is 35.6 Å². The Morgan fingerprint density at radius 3 is 1.85 bits per heavy atom. The predicted molar refractivity (Wildman–Crippen MR) is 113 cm³/mol. The molecule has 0 aliphatic heterocycles. The number of primary amides is 1. The molecule has 6 unspecified atom stereocenters. The van der Waals surface area contributed by atoms with Gasteiger partial charge in [0, 0.05) is 6.42 Å². The average Bonchev–Trinajstić information content (AvgIpc) is 2.71. The van der Waals surface area contributed by atoms with E-state index in [0.29, 0.717) is 6.42 Å². The molecule has 0 aromatic rings. The van der Waals surface area contributed by atoms with E-state index in [1.54, 1.807) is 13.8 Å². The van der Waals surface area contributed by atoms with Gasteiger partial charge in [0.2, 0.25) is 23.6 Å². The molecular weight excluding hydrogens is 442 g/mol. The fourth-order valence-corrected chi connectivity index (χ4v) is 2.63. The highest BCUT2D eigenvalue weighted by atomic mass is 16.4. The monoisotopic (exact) mass is 475 g/mol. The van der Waals surface area contributed by atoms with Gasteiger partial charge in [-0.15, -0.1) is 0 Å². The van der Waals surface area contributed by atoms with Crippen LogP contribution in [0.25, 0.3) is 0 Å². The van der Waals surface area contributed by atoms with Gasteiger partial charge in [-0.1, -0.05) is 20.3 Å². The van der Waals surface area contributed by atoms with Crippen molar-refractivity contribution in [1.82, 2.24) is 16.0 Å². The molecule has 0 saturated heterocycles. The number of carbonyl (C=O) groups excluding carboxylic acids is 4. The number of aliphatic hydroxyl groups is 1. The zero-order valence-corrected chi connectivity index (χ0v) is 18.7. The number of carboxylic acid groups (broad SMARTS) is 2. The van der Waals surface area contributed by atoms with Crippen molar-refractivity contribution in [3.8, 4) is 0 Å². The summed E-state index contributed by atoms with van der Waals surface area (Å²) in [6.45, 7) is 4.53. The minimum Gasteiger partial charge on any atom is -0.481 e. The third-order valence-corrected chi connectivity index (χ3v) is 4.92. The molecule has 0 spiro atoms. The summed E-state index contributed by atoms with van der Waals surface area (Å²) in [5.74, 6) is -6.99. The maximum absolute atomic E-state index is 12.7. The van der Waals surface area contributed by atoms with Crippen LogP contribution in [0.15, 0.2) is 0 Å². The number of rotatable bonds is 15. The first-order valence-corrected chi connectivity index (χ1v) is 10.3. The number of aliphatic hydroxyl groups excluding tert-OH is 1. The fraction of sp³-hybridized carbons (Fsp3) is 0.684. The van der Waals surface area contributed by atoms with E-state index in [2.05, 4.69) is 16.0 Å². The molecule has 0 radical (unpaired) electrons. The van der Waals surface area contributed by atoms with E-state index in [9.17, 15) is 39.0 Å². The minimum absolute atomic E-state index is 0.271. The second kappa shape index (κ2) is 14.0. The Balaban J connectivity index is 5.59. The Hall–Kier alpha value is -3.26. The summed E-state index contributed by atoms with van der Waals surface area (Å²) in [7, 11) is 0. The molecule has 188 valence electrons. The second-order valence-corrected chi connectivity index (χ2v) is 7.70. The fourth-order valence-electron chi connectivity index (χ4n) is 2.63. The number of nitrogens with one attached hydrogen (secondary N) is 3. The molecule has 0 aliphatic rings. The van der Waals surface area contributed by atoms with Crippen molar-refractivity contribution < 1.29 is 44.1 Å². The van der Waals surface area contributed by atoms with Gasteiger partial charge in [0.05, 0.1) is 12.5 Å². The first-order valence-electron chi connectivity index (χ1n) is 10.3. The van der Waals surface area contributed by atoms with E-state index in [-0.39, 0.29) is 12.8 Å². The lowest BCUT2D eigenvalue weighted by atomic mass is 9.97. The summed E-state index contributed by atoms with van der Waals surface area (Å²) in [5.41, 5.74) is 10.5. The molecule has 0 rings (SSSR count). The highest BCUT2D eigenvalue weighted by molar-refractivity contribution is 5.95. The van der Waals surface area contributed by atoms with Gasteiger partial charge in [-0.3, -0.25) is 24.0 Å². The number of hydrogen-bond donors (Lipinski definition) is 8. The van der Waals surface area contributed by atoms with Gasteiger partial charge in [0.25, 0.3) is 0 Å². The summed E-state index contributed by atoms with van der Waals surface area (Å²) >= 11 is 0. The first kappa shape index (κ1) is 29.7. The van der Waals surface area contributed by atoms with Gasteiger partial charge in [0.1, 0.15) is 24.2 Å². The van der Waals surface area contributed by atoms with Crippen LogP contribution < -0.4 is 27.4 Å². The molecule has 6 atom stereocenters. The smallest absolute Gasteiger partial charge is 0.326 e. The molecule has 14 heteroatoms. The summed E-state index contributed by atoms with van der Waals surface area (Å²) in [4.78, 5) is 71.1. The van der Waals surface area contributed by atoms with Gasteiger partial charge in [0.15, 0.2) is 0 Å². The molecule has 0 aromatic heterocycles. The van der Waals surface area contributed by atoms with Gasteiger partial charge in [-0.2, -0.15) is 0 Å². The third-order valence-electron chi connectivity index (χ3n) is 4.92. The van der Waals surface area contributed by atoms with Crippen molar-refractivity contribution in [2.75, 3.05) is 0 Å². The van der Waals surface area contributed by atoms with Crippen LogP contribution in [0, 0.1) is 5.92 Å². The maximum atomic E-state index is 12.7. The van der Waals surface area contributed by atoms with Crippen LogP contribution in [-0.4, -0.2) is 81.2 Å². The summed E-state index contributed by atoms with van der Waals surface area (Å²) in [5, 5.41) is 34.5. The van der Waals surface area contributed by atoms with E-state index < -0.39 is 78.2 Å². The molecule has 0 aromatic carbocycles. The summed E-state index contributed by atoms with van der Waals surface area (Å²) in [6.07, 6.45) is -2.30.